The maximum Gasteiger partial charge on any atom is 0.332 e. The van der Waals surface area contributed by atoms with E-state index in [9.17, 15) is 9.59 Å². The minimum absolute atomic E-state index is 0.193. The monoisotopic (exact) mass is 237 g/mol. The summed E-state index contributed by atoms with van der Waals surface area (Å²) in [7, 11) is 0. The summed E-state index contributed by atoms with van der Waals surface area (Å²) in [5, 5.41) is 8.66. The first-order valence-electron chi connectivity index (χ1n) is 5.15. The Morgan fingerprint density at radius 2 is 2.12 bits per heavy atom. The first-order valence-corrected chi connectivity index (χ1v) is 5.15. The Bertz CT molecular complexity index is 442. The topological polar surface area (TPSA) is 89.6 Å². The fraction of sp³-hybridized carbons (Fsp3) is 0.333. The standard InChI is InChI=1S/C12H15NO4/c1-7-5-9(11(13)14)3-4-10(7)6-17-8(2)12(15)16/h3-5,8H,6H2,1-2H3,(H2,13,14)(H,15,16). The van der Waals surface area contributed by atoms with Crippen molar-refractivity contribution < 1.29 is 19.4 Å². The van der Waals surface area contributed by atoms with E-state index < -0.39 is 18.0 Å². The Labute approximate surface area is 99.2 Å². The Kier molecular flexibility index (Phi) is 4.23. The largest absolute Gasteiger partial charge is 0.479 e. The van der Waals surface area contributed by atoms with Crippen molar-refractivity contribution >= 4 is 11.9 Å². The van der Waals surface area contributed by atoms with Crippen LogP contribution in [0.1, 0.15) is 28.4 Å². The number of benzene rings is 1. The molecule has 0 radical (unpaired) electrons. The molecule has 1 rings (SSSR count). The van der Waals surface area contributed by atoms with Gasteiger partial charge in [-0.05, 0) is 37.1 Å². The van der Waals surface area contributed by atoms with Crippen molar-refractivity contribution in [3.05, 3.63) is 34.9 Å². The molecule has 1 amide bonds. The Balaban J connectivity index is 2.73. The molecule has 0 heterocycles. The number of rotatable bonds is 5. The second-order valence-electron chi connectivity index (χ2n) is 3.80. The average Bonchev–Trinajstić information content (AvgIpc) is 2.26. The van der Waals surface area contributed by atoms with Crippen LogP contribution < -0.4 is 5.73 Å². The molecule has 0 bridgehead atoms. The smallest absolute Gasteiger partial charge is 0.332 e. The van der Waals surface area contributed by atoms with E-state index in [-0.39, 0.29) is 6.61 Å². The molecule has 0 fully saturated rings. The summed E-state index contributed by atoms with van der Waals surface area (Å²) >= 11 is 0. The lowest BCUT2D eigenvalue weighted by Gasteiger charge is -2.11. The molecular formula is C12H15NO4. The number of aliphatic carboxylic acids is 1. The van der Waals surface area contributed by atoms with Gasteiger partial charge in [-0.15, -0.1) is 0 Å². The lowest BCUT2D eigenvalue weighted by Crippen LogP contribution is -2.19. The van der Waals surface area contributed by atoms with Gasteiger partial charge in [-0.25, -0.2) is 4.79 Å². The van der Waals surface area contributed by atoms with Gasteiger partial charge in [-0.1, -0.05) is 6.07 Å². The molecule has 1 aromatic carbocycles. The Morgan fingerprint density at radius 3 is 2.59 bits per heavy atom. The molecule has 3 N–H and O–H groups in total. The number of carbonyl (C=O) groups excluding carboxylic acids is 1. The van der Waals surface area contributed by atoms with Gasteiger partial charge in [0.25, 0.3) is 0 Å². The number of carboxylic acids is 1. The molecule has 0 aliphatic rings. The predicted octanol–water partition coefficient (Wildman–Crippen LogP) is 1.08. The number of hydrogen-bond acceptors (Lipinski definition) is 3. The number of nitrogens with two attached hydrogens (primary N) is 1. The van der Waals surface area contributed by atoms with Gasteiger partial charge >= 0.3 is 5.97 Å². The molecule has 5 heteroatoms. The highest BCUT2D eigenvalue weighted by Gasteiger charge is 2.12. The molecule has 1 aromatic rings. The molecule has 0 saturated carbocycles. The van der Waals surface area contributed by atoms with Crippen LogP contribution in [0.4, 0.5) is 0 Å². The molecule has 1 unspecified atom stereocenters. The van der Waals surface area contributed by atoms with Crippen LogP contribution >= 0.6 is 0 Å². The molecule has 1 atom stereocenters. The van der Waals surface area contributed by atoms with E-state index in [1.165, 1.54) is 6.92 Å². The van der Waals surface area contributed by atoms with E-state index in [0.717, 1.165) is 11.1 Å². The number of hydrogen-bond donors (Lipinski definition) is 2. The SMILES string of the molecule is Cc1cc(C(N)=O)ccc1COC(C)C(=O)O. The number of amides is 1. The lowest BCUT2D eigenvalue weighted by atomic mass is 10.1. The second-order valence-corrected chi connectivity index (χ2v) is 3.80. The lowest BCUT2D eigenvalue weighted by molar-refractivity contribution is -0.149. The number of primary amides is 1. The van der Waals surface area contributed by atoms with Crippen LogP contribution in [-0.4, -0.2) is 23.1 Å². The molecule has 0 aliphatic heterocycles. The number of aryl methyl sites for hydroxylation is 1. The Hall–Kier alpha value is -1.88. The first-order chi connectivity index (χ1) is 7.91. The Morgan fingerprint density at radius 1 is 1.47 bits per heavy atom. The quantitative estimate of drug-likeness (QED) is 0.801. The van der Waals surface area contributed by atoms with Crippen LogP contribution in [0.3, 0.4) is 0 Å². The third-order valence-electron chi connectivity index (χ3n) is 2.46. The van der Waals surface area contributed by atoms with Crippen molar-refractivity contribution in [1.29, 1.82) is 0 Å². The van der Waals surface area contributed by atoms with Crippen molar-refractivity contribution in [3.8, 4) is 0 Å². The average molecular weight is 237 g/mol. The molecule has 92 valence electrons. The zero-order chi connectivity index (χ0) is 13.0. The molecule has 0 aromatic heterocycles. The summed E-state index contributed by atoms with van der Waals surface area (Å²) in [6, 6.07) is 4.97. The third kappa shape index (κ3) is 3.57. The van der Waals surface area contributed by atoms with Crippen molar-refractivity contribution in [3.63, 3.8) is 0 Å². The van der Waals surface area contributed by atoms with Crippen molar-refractivity contribution in [2.75, 3.05) is 0 Å². The summed E-state index contributed by atoms with van der Waals surface area (Å²) in [5.74, 6) is -1.49. The maximum absolute atomic E-state index is 10.9. The molecule has 0 spiro atoms. The molecule has 0 saturated heterocycles. The summed E-state index contributed by atoms with van der Waals surface area (Å²) in [6.45, 7) is 3.48. The molecular weight excluding hydrogens is 222 g/mol. The highest BCUT2D eigenvalue weighted by Crippen LogP contribution is 2.13. The highest BCUT2D eigenvalue weighted by atomic mass is 16.5. The summed E-state index contributed by atoms with van der Waals surface area (Å²) < 4.78 is 5.15. The predicted molar refractivity (Wildman–Crippen MR) is 61.6 cm³/mol. The van der Waals surface area contributed by atoms with E-state index in [1.807, 2.05) is 6.92 Å². The zero-order valence-electron chi connectivity index (χ0n) is 9.77. The van der Waals surface area contributed by atoms with Gasteiger partial charge in [0.15, 0.2) is 6.10 Å². The van der Waals surface area contributed by atoms with Gasteiger partial charge < -0.3 is 15.6 Å². The van der Waals surface area contributed by atoms with Crippen LogP contribution in [0.5, 0.6) is 0 Å². The van der Waals surface area contributed by atoms with Gasteiger partial charge in [-0.2, -0.15) is 0 Å². The van der Waals surface area contributed by atoms with E-state index >= 15 is 0 Å². The minimum atomic E-state index is -1.00. The van der Waals surface area contributed by atoms with E-state index in [1.54, 1.807) is 18.2 Å². The zero-order valence-corrected chi connectivity index (χ0v) is 9.77. The fourth-order valence-electron chi connectivity index (χ4n) is 1.30. The number of carboxylic acid groups (broad SMARTS) is 1. The van der Waals surface area contributed by atoms with Crippen molar-refractivity contribution in [2.24, 2.45) is 5.73 Å². The van der Waals surface area contributed by atoms with Crippen molar-refractivity contribution in [2.45, 2.75) is 26.6 Å². The third-order valence-corrected chi connectivity index (χ3v) is 2.46. The van der Waals surface area contributed by atoms with E-state index in [0.29, 0.717) is 5.56 Å². The van der Waals surface area contributed by atoms with E-state index in [4.69, 9.17) is 15.6 Å². The summed E-state index contributed by atoms with van der Waals surface area (Å²) in [6.07, 6.45) is -0.856. The first kappa shape index (κ1) is 13.2. The fourth-order valence-corrected chi connectivity index (χ4v) is 1.30. The van der Waals surface area contributed by atoms with Gasteiger partial charge in [0.1, 0.15) is 0 Å². The summed E-state index contributed by atoms with van der Waals surface area (Å²) in [5.41, 5.74) is 7.26. The van der Waals surface area contributed by atoms with Crippen molar-refractivity contribution in [1.82, 2.24) is 0 Å². The van der Waals surface area contributed by atoms with Gasteiger partial charge in [0.05, 0.1) is 6.61 Å². The second kappa shape index (κ2) is 5.45. The van der Waals surface area contributed by atoms with Gasteiger partial charge in [-0.3, -0.25) is 4.79 Å². The van der Waals surface area contributed by atoms with Crippen LogP contribution in [0.15, 0.2) is 18.2 Å². The van der Waals surface area contributed by atoms with Gasteiger partial charge in [0, 0.05) is 5.56 Å². The summed E-state index contributed by atoms with van der Waals surface area (Å²) in [4.78, 5) is 21.5. The number of carbonyl (C=O) groups is 2. The highest BCUT2D eigenvalue weighted by molar-refractivity contribution is 5.93. The van der Waals surface area contributed by atoms with Crippen LogP contribution in [0.2, 0.25) is 0 Å². The number of ether oxygens (including phenoxy) is 1. The van der Waals surface area contributed by atoms with E-state index in [2.05, 4.69) is 0 Å². The molecule has 17 heavy (non-hydrogen) atoms. The van der Waals surface area contributed by atoms with Crippen LogP contribution in [0.25, 0.3) is 0 Å². The van der Waals surface area contributed by atoms with Crippen LogP contribution in [0, 0.1) is 6.92 Å². The van der Waals surface area contributed by atoms with Crippen LogP contribution in [-0.2, 0) is 16.1 Å². The normalized spacial score (nSPS) is 12.1. The van der Waals surface area contributed by atoms with Gasteiger partial charge in [0.2, 0.25) is 5.91 Å². The minimum Gasteiger partial charge on any atom is -0.479 e. The maximum atomic E-state index is 10.9. The molecule has 5 nitrogen and oxygen atoms in total. The molecule has 0 aliphatic carbocycles.